The standard InChI is InChI=1S/C19H18FNO3/c1-21(13-15-4-2-3-5-16(15)20)19(22)9-7-14-6-8-17-18(12-14)24-11-10-23-17/h2-9,12H,10-11,13H2,1H3/b9-7+. The van der Waals surface area contributed by atoms with Crippen LogP contribution in [0.4, 0.5) is 4.39 Å². The Hall–Kier alpha value is -2.82. The third-order valence-corrected chi connectivity index (χ3v) is 3.73. The van der Waals surface area contributed by atoms with E-state index in [9.17, 15) is 9.18 Å². The van der Waals surface area contributed by atoms with Gasteiger partial charge in [-0.3, -0.25) is 4.79 Å². The molecule has 0 aliphatic carbocycles. The second-order valence-corrected chi connectivity index (χ2v) is 5.52. The zero-order valence-electron chi connectivity index (χ0n) is 13.4. The minimum atomic E-state index is -0.312. The smallest absolute Gasteiger partial charge is 0.246 e. The van der Waals surface area contributed by atoms with Crippen LogP contribution in [0.3, 0.4) is 0 Å². The van der Waals surface area contributed by atoms with Gasteiger partial charge in [-0.1, -0.05) is 24.3 Å². The van der Waals surface area contributed by atoms with Crippen LogP contribution < -0.4 is 9.47 Å². The molecule has 1 heterocycles. The van der Waals surface area contributed by atoms with E-state index < -0.39 is 0 Å². The van der Waals surface area contributed by atoms with E-state index in [1.165, 1.54) is 17.0 Å². The highest BCUT2D eigenvalue weighted by molar-refractivity contribution is 5.91. The Morgan fingerprint density at radius 1 is 1.17 bits per heavy atom. The number of ether oxygens (including phenoxy) is 2. The van der Waals surface area contributed by atoms with Gasteiger partial charge < -0.3 is 14.4 Å². The van der Waals surface area contributed by atoms with E-state index >= 15 is 0 Å². The lowest BCUT2D eigenvalue weighted by Crippen LogP contribution is -2.24. The lowest BCUT2D eigenvalue weighted by molar-refractivity contribution is -0.125. The molecule has 0 bridgehead atoms. The Morgan fingerprint density at radius 2 is 1.92 bits per heavy atom. The maximum atomic E-state index is 13.6. The van der Waals surface area contributed by atoms with Crippen LogP contribution in [0.25, 0.3) is 6.08 Å². The first-order chi connectivity index (χ1) is 11.6. The normalized spacial score (nSPS) is 13.1. The first-order valence-corrected chi connectivity index (χ1v) is 7.70. The van der Waals surface area contributed by atoms with Gasteiger partial charge in [-0.2, -0.15) is 0 Å². The van der Waals surface area contributed by atoms with Crippen molar-refractivity contribution in [3.05, 3.63) is 65.5 Å². The fourth-order valence-electron chi connectivity index (χ4n) is 2.42. The molecule has 4 nitrogen and oxygen atoms in total. The Morgan fingerprint density at radius 3 is 2.71 bits per heavy atom. The highest BCUT2D eigenvalue weighted by Gasteiger charge is 2.12. The predicted molar refractivity (Wildman–Crippen MR) is 89.3 cm³/mol. The summed E-state index contributed by atoms with van der Waals surface area (Å²) in [6.07, 6.45) is 3.17. The molecule has 0 saturated carbocycles. The quantitative estimate of drug-likeness (QED) is 0.809. The molecule has 0 fully saturated rings. The summed E-state index contributed by atoms with van der Waals surface area (Å²) in [6, 6.07) is 11.9. The number of fused-ring (bicyclic) bond motifs is 1. The molecule has 0 radical (unpaired) electrons. The van der Waals surface area contributed by atoms with E-state index in [0.29, 0.717) is 30.3 Å². The zero-order chi connectivity index (χ0) is 16.9. The summed E-state index contributed by atoms with van der Waals surface area (Å²) in [7, 11) is 1.64. The number of carbonyl (C=O) groups is 1. The van der Waals surface area contributed by atoms with E-state index in [1.54, 1.807) is 31.3 Å². The topological polar surface area (TPSA) is 38.8 Å². The van der Waals surface area contributed by atoms with Crippen LogP contribution in [0.2, 0.25) is 0 Å². The lowest BCUT2D eigenvalue weighted by Gasteiger charge is -2.18. The average molecular weight is 327 g/mol. The minimum absolute atomic E-state index is 0.201. The van der Waals surface area contributed by atoms with E-state index in [-0.39, 0.29) is 18.3 Å². The number of carbonyl (C=O) groups excluding carboxylic acids is 1. The van der Waals surface area contributed by atoms with E-state index in [4.69, 9.17) is 9.47 Å². The second kappa shape index (κ2) is 7.17. The Balaban J connectivity index is 1.65. The van der Waals surface area contributed by atoms with Gasteiger partial charge in [-0.25, -0.2) is 4.39 Å². The second-order valence-electron chi connectivity index (χ2n) is 5.52. The molecule has 0 atom stereocenters. The molecule has 24 heavy (non-hydrogen) atoms. The summed E-state index contributed by atoms with van der Waals surface area (Å²) in [4.78, 5) is 13.6. The number of hydrogen-bond acceptors (Lipinski definition) is 3. The molecule has 1 amide bonds. The number of rotatable bonds is 4. The molecule has 1 aliphatic rings. The molecule has 0 N–H and O–H groups in total. The van der Waals surface area contributed by atoms with Crippen molar-refractivity contribution in [1.82, 2.24) is 4.90 Å². The van der Waals surface area contributed by atoms with Crippen molar-refractivity contribution in [2.45, 2.75) is 6.54 Å². The molecule has 0 unspecified atom stereocenters. The Labute approximate surface area is 140 Å². The molecule has 0 saturated heterocycles. The van der Waals surface area contributed by atoms with E-state index in [1.807, 2.05) is 18.2 Å². The monoisotopic (exact) mass is 327 g/mol. The molecule has 1 aliphatic heterocycles. The fourth-order valence-corrected chi connectivity index (χ4v) is 2.42. The van der Waals surface area contributed by atoms with Gasteiger partial charge in [0.1, 0.15) is 19.0 Å². The predicted octanol–water partition coefficient (Wildman–Crippen LogP) is 3.27. The Kier molecular flexibility index (Phi) is 4.79. The first-order valence-electron chi connectivity index (χ1n) is 7.70. The van der Waals surface area contributed by atoms with Crippen molar-refractivity contribution >= 4 is 12.0 Å². The van der Waals surface area contributed by atoms with E-state index in [0.717, 1.165) is 5.56 Å². The number of halogens is 1. The van der Waals surface area contributed by atoms with Gasteiger partial charge in [0.25, 0.3) is 0 Å². The van der Waals surface area contributed by atoms with Crippen molar-refractivity contribution in [3.8, 4) is 11.5 Å². The number of hydrogen-bond donors (Lipinski definition) is 0. The van der Waals surface area contributed by atoms with Crippen molar-refractivity contribution in [2.75, 3.05) is 20.3 Å². The highest BCUT2D eigenvalue weighted by Crippen LogP contribution is 2.31. The Bertz CT molecular complexity index is 773. The fraction of sp³-hybridized carbons (Fsp3) is 0.211. The number of nitrogens with zero attached hydrogens (tertiary/aromatic N) is 1. The summed E-state index contributed by atoms with van der Waals surface area (Å²) in [5.41, 5.74) is 1.33. The van der Waals surface area contributed by atoms with Crippen LogP contribution in [0.5, 0.6) is 11.5 Å². The molecule has 0 spiro atoms. The molecule has 124 valence electrons. The van der Waals surface area contributed by atoms with Crippen LogP contribution >= 0.6 is 0 Å². The van der Waals surface area contributed by atoms with Crippen molar-refractivity contribution in [1.29, 1.82) is 0 Å². The third kappa shape index (κ3) is 3.74. The van der Waals surface area contributed by atoms with Crippen LogP contribution in [0.1, 0.15) is 11.1 Å². The van der Waals surface area contributed by atoms with Crippen LogP contribution in [-0.4, -0.2) is 31.1 Å². The van der Waals surface area contributed by atoms with Gasteiger partial charge in [0.2, 0.25) is 5.91 Å². The molecule has 2 aromatic rings. The van der Waals surface area contributed by atoms with Gasteiger partial charge in [-0.15, -0.1) is 0 Å². The van der Waals surface area contributed by atoms with Crippen LogP contribution in [0, 0.1) is 5.82 Å². The molecule has 3 rings (SSSR count). The number of likely N-dealkylation sites (N-methyl/N-ethyl adjacent to an activating group) is 1. The first kappa shape index (κ1) is 16.1. The van der Waals surface area contributed by atoms with Crippen molar-refractivity contribution in [2.24, 2.45) is 0 Å². The average Bonchev–Trinajstić information content (AvgIpc) is 2.61. The van der Waals surface area contributed by atoms with Gasteiger partial charge >= 0.3 is 0 Å². The maximum Gasteiger partial charge on any atom is 0.246 e. The molecule has 5 heteroatoms. The largest absolute Gasteiger partial charge is 0.486 e. The van der Waals surface area contributed by atoms with Crippen molar-refractivity contribution < 1.29 is 18.7 Å². The summed E-state index contributed by atoms with van der Waals surface area (Å²) >= 11 is 0. The SMILES string of the molecule is CN(Cc1ccccc1F)C(=O)/C=C/c1ccc2c(c1)OCCO2. The number of benzene rings is 2. The zero-order valence-corrected chi connectivity index (χ0v) is 13.4. The van der Waals surface area contributed by atoms with Gasteiger partial charge in [-0.05, 0) is 29.8 Å². The van der Waals surface area contributed by atoms with Gasteiger partial charge in [0.15, 0.2) is 11.5 Å². The van der Waals surface area contributed by atoms with Crippen molar-refractivity contribution in [3.63, 3.8) is 0 Å². The van der Waals surface area contributed by atoms with Gasteiger partial charge in [0.05, 0.1) is 0 Å². The highest BCUT2D eigenvalue weighted by atomic mass is 19.1. The third-order valence-electron chi connectivity index (χ3n) is 3.73. The molecule has 0 aromatic heterocycles. The summed E-state index contributed by atoms with van der Waals surface area (Å²) < 4.78 is 24.6. The molecule has 2 aromatic carbocycles. The summed E-state index contributed by atoms with van der Waals surface area (Å²) in [5, 5.41) is 0. The lowest BCUT2D eigenvalue weighted by atomic mass is 10.1. The van der Waals surface area contributed by atoms with Gasteiger partial charge in [0, 0.05) is 25.2 Å². The maximum absolute atomic E-state index is 13.6. The minimum Gasteiger partial charge on any atom is -0.486 e. The number of amides is 1. The van der Waals surface area contributed by atoms with Crippen LogP contribution in [0.15, 0.2) is 48.5 Å². The summed E-state index contributed by atoms with van der Waals surface area (Å²) in [6.45, 7) is 1.28. The van der Waals surface area contributed by atoms with E-state index in [2.05, 4.69) is 0 Å². The summed E-state index contributed by atoms with van der Waals surface area (Å²) in [5.74, 6) is 0.873. The molecular weight excluding hydrogens is 309 g/mol. The molecular formula is C19H18FNO3. The van der Waals surface area contributed by atoms with Crippen LogP contribution in [-0.2, 0) is 11.3 Å².